The van der Waals surface area contributed by atoms with E-state index in [4.69, 9.17) is 45.3 Å². The molecule has 3 N–H and O–H groups in total. The lowest BCUT2D eigenvalue weighted by molar-refractivity contribution is -0.131. The highest BCUT2D eigenvalue weighted by molar-refractivity contribution is 6.30. The molecule has 2 aliphatic heterocycles. The van der Waals surface area contributed by atoms with Crippen LogP contribution in [0.5, 0.6) is 5.75 Å². The number of ether oxygens (including phenoxy) is 6. The fourth-order valence-corrected chi connectivity index (χ4v) is 8.50. The Labute approximate surface area is 409 Å². The van der Waals surface area contributed by atoms with Gasteiger partial charge in [-0.15, -0.1) is 0 Å². The average molecular weight is 968 g/mol. The fourth-order valence-electron chi connectivity index (χ4n) is 8.37. The topological polar surface area (TPSA) is 190 Å². The van der Waals surface area contributed by atoms with Crippen LogP contribution in [0.4, 0.5) is 11.4 Å². The number of benzene rings is 4. The van der Waals surface area contributed by atoms with Crippen LogP contribution in [0.2, 0.25) is 5.02 Å². The van der Waals surface area contributed by atoms with Gasteiger partial charge in [-0.2, -0.15) is 5.26 Å². The number of fused-ring (bicyclic) bond motifs is 1. The Balaban J connectivity index is 0.738. The molecule has 0 aromatic heterocycles. The lowest BCUT2D eigenvalue weighted by Crippen LogP contribution is -2.43. The number of hydrogen-bond donors (Lipinski definition) is 3. The predicted molar refractivity (Wildman–Crippen MR) is 262 cm³/mol. The Bertz CT molecular complexity index is 2310. The molecular weight excluding hydrogens is 904 g/mol. The molecule has 2 aliphatic rings. The largest absolute Gasteiger partial charge is 0.484 e. The van der Waals surface area contributed by atoms with E-state index in [-0.39, 0.29) is 54.8 Å². The highest BCUT2D eigenvalue weighted by Crippen LogP contribution is 2.41. The van der Waals surface area contributed by atoms with Gasteiger partial charge in [0.15, 0.2) is 6.61 Å². The molecule has 16 nitrogen and oxygen atoms in total. The second-order valence-corrected chi connectivity index (χ2v) is 17.1. The molecular formula is C52H63ClN6O10. The van der Waals surface area contributed by atoms with E-state index < -0.39 is 0 Å². The molecule has 4 aromatic rings. The minimum absolute atomic E-state index is 0.00324. The summed E-state index contributed by atoms with van der Waals surface area (Å²) in [5.74, 6) is -0.0501. The summed E-state index contributed by atoms with van der Waals surface area (Å²) in [5.41, 5.74) is 6.34. The number of nitrogens with zero attached hydrogens (tertiary/aromatic N) is 3. The minimum atomic E-state index is -0.264. The maximum absolute atomic E-state index is 12.9. The monoisotopic (exact) mass is 966 g/mol. The number of likely N-dealkylation sites (tertiary alicyclic amines) is 1. The Morgan fingerprint density at radius 3 is 1.94 bits per heavy atom. The van der Waals surface area contributed by atoms with Gasteiger partial charge < -0.3 is 54.2 Å². The number of nitrogens with one attached hydrogen (secondary N) is 3. The number of halogens is 1. The molecule has 0 aliphatic carbocycles. The lowest BCUT2D eigenvalue weighted by Gasteiger charge is -2.39. The van der Waals surface area contributed by atoms with Crippen molar-refractivity contribution in [3.8, 4) is 22.9 Å². The summed E-state index contributed by atoms with van der Waals surface area (Å²) in [6.07, 6.45) is 2.37. The summed E-state index contributed by atoms with van der Waals surface area (Å²) in [6, 6.07) is 30.5. The average Bonchev–Trinajstić information content (AvgIpc) is 3.85. The maximum atomic E-state index is 12.9. The zero-order valence-corrected chi connectivity index (χ0v) is 40.2. The van der Waals surface area contributed by atoms with Gasteiger partial charge in [0.25, 0.3) is 11.8 Å². The van der Waals surface area contributed by atoms with Crippen LogP contribution in [0.3, 0.4) is 0 Å². The molecule has 69 heavy (non-hydrogen) atoms. The van der Waals surface area contributed by atoms with Crippen LogP contribution in [-0.2, 0) is 38.1 Å². The predicted octanol–water partition coefficient (Wildman–Crippen LogP) is 6.89. The summed E-state index contributed by atoms with van der Waals surface area (Å²) in [7, 11) is 0. The second kappa shape index (κ2) is 27.8. The van der Waals surface area contributed by atoms with Crippen LogP contribution < -0.4 is 25.6 Å². The van der Waals surface area contributed by atoms with Crippen LogP contribution in [0, 0.1) is 11.3 Å². The van der Waals surface area contributed by atoms with Crippen molar-refractivity contribution in [2.75, 3.05) is 103 Å². The van der Waals surface area contributed by atoms with Gasteiger partial charge in [-0.3, -0.25) is 19.2 Å². The van der Waals surface area contributed by atoms with E-state index in [1.807, 2.05) is 71.6 Å². The smallest absolute Gasteiger partial charge is 0.258 e. The van der Waals surface area contributed by atoms with Gasteiger partial charge >= 0.3 is 0 Å². The Kier molecular flexibility index (Phi) is 21.1. The first-order chi connectivity index (χ1) is 33.6. The van der Waals surface area contributed by atoms with E-state index in [0.29, 0.717) is 102 Å². The van der Waals surface area contributed by atoms with Crippen molar-refractivity contribution in [1.82, 2.24) is 15.5 Å². The summed E-state index contributed by atoms with van der Waals surface area (Å²) in [6.45, 7) is 8.79. The van der Waals surface area contributed by atoms with E-state index in [9.17, 15) is 19.2 Å². The third-order valence-corrected chi connectivity index (χ3v) is 12.0. The highest BCUT2D eigenvalue weighted by atomic mass is 35.5. The second-order valence-electron chi connectivity index (χ2n) is 16.6. The number of carbonyl (C=O) groups is 4. The van der Waals surface area contributed by atoms with Crippen molar-refractivity contribution in [2.24, 2.45) is 0 Å². The number of anilines is 2. The zero-order chi connectivity index (χ0) is 48.8. The normalized spacial score (nSPS) is 16.3. The Morgan fingerprint density at radius 1 is 0.739 bits per heavy atom. The molecule has 1 saturated heterocycles. The third kappa shape index (κ3) is 16.3. The van der Waals surface area contributed by atoms with Gasteiger partial charge in [-0.1, -0.05) is 41.9 Å². The van der Waals surface area contributed by atoms with Crippen molar-refractivity contribution < 1.29 is 47.6 Å². The van der Waals surface area contributed by atoms with Crippen LogP contribution >= 0.6 is 11.6 Å². The van der Waals surface area contributed by atoms with Crippen molar-refractivity contribution in [3.63, 3.8) is 0 Å². The fraction of sp³-hybridized carbons (Fsp3) is 0.442. The number of amides is 4. The van der Waals surface area contributed by atoms with Gasteiger partial charge in [-0.25, -0.2) is 0 Å². The molecule has 3 atom stereocenters. The Hall–Kier alpha value is -6.06. The number of carbonyl (C=O) groups excluding carboxylic acids is 4. The summed E-state index contributed by atoms with van der Waals surface area (Å²) < 4.78 is 33.3. The Morgan fingerprint density at radius 2 is 1.33 bits per heavy atom. The van der Waals surface area contributed by atoms with Crippen molar-refractivity contribution in [2.45, 2.75) is 57.7 Å². The van der Waals surface area contributed by atoms with E-state index >= 15 is 0 Å². The van der Waals surface area contributed by atoms with Crippen molar-refractivity contribution in [1.29, 1.82) is 5.26 Å². The lowest BCUT2D eigenvalue weighted by atomic mass is 9.88. The molecule has 4 amide bonds. The number of rotatable bonds is 27. The summed E-state index contributed by atoms with van der Waals surface area (Å²) in [4.78, 5) is 53.6. The van der Waals surface area contributed by atoms with Gasteiger partial charge in [0.05, 0.1) is 84.2 Å². The van der Waals surface area contributed by atoms with Crippen LogP contribution in [-0.4, -0.2) is 127 Å². The number of nitriles is 1. The molecule has 1 fully saturated rings. The first kappa shape index (κ1) is 52.3. The van der Waals surface area contributed by atoms with Gasteiger partial charge in [0, 0.05) is 54.6 Å². The van der Waals surface area contributed by atoms with Crippen molar-refractivity contribution >= 4 is 46.6 Å². The molecule has 0 saturated carbocycles. The van der Waals surface area contributed by atoms with E-state index in [1.54, 1.807) is 36.1 Å². The zero-order valence-electron chi connectivity index (χ0n) is 39.4. The molecule has 368 valence electrons. The van der Waals surface area contributed by atoms with Gasteiger partial charge in [0.1, 0.15) is 12.2 Å². The van der Waals surface area contributed by atoms with E-state index in [1.165, 1.54) is 0 Å². The van der Waals surface area contributed by atoms with E-state index in [2.05, 4.69) is 28.9 Å². The first-order valence-electron chi connectivity index (χ1n) is 23.5. The SMILES string of the molecule is CC(=O)N1c2ccc(-c3ccc(C(=O)NCCOCCOCCOCCOCCOCCNC(=O)COc4ccc(C5CCCN5C(=O)CC#N)cc4)cc3)cc2C(Nc2ccc(Cl)cc2)CC1C. The van der Waals surface area contributed by atoms with Crippen LogP contribution in [0.15, 0.2) is 91.0 Å². The van der Waals surface area contributed by atoms with Gasteiger partial charge in [0.2, 0.25) is 11.8 Å². The third-order valence-electron chi connectivity index (χ3n) is 11.7. The molecule has 0 bridgehead atoms. The molecule has 6 rings (SSSR count). The van der Waals surface area contributed by atoms with Crippen LogP contribution in [0.25, 0.3) is 11.1 Å². The molecule has 3 unspecified atom stereocenters. The minimum Gasteiger partial charge on any atom is -0.484 e. The molecule has 0 spiro atoms. The molecule has 17 heteroatoms. The summed E-state index contributed by atoms with van der Waals surface area (Å²) >= 11 is 6.12. The molecule has 4 aromatic carbocycles. The maximum Gasteiger partial charge on any atom is 0.258 e. The number of hydrogen-bond acceptors (Lipinski definition) is 12. The van der Waals surface area contributed by atoms with Gasteiger partial charge in [-0.05, 0) is 109 Å². The van der Waals surface area contributed by atoms with Crippen molar-refractivity contribution in [3.05, 3.63) is 113 Å². The quantitative estimate of drug-likeness (QED) is 0.0526. The van der Waals surface area contributed by atoms with Crippen LogP contribution in [0.1, 0.15) is 73.1 Å². The highest BCUT2D eigenvalue weighted by Gasteiger charge is 2.33. The first-order valence-corrected chi connectivity index (χ1v) is 23.9. The van der Waals surface area contributed by atoms with E-state index in [0.717, 1.165) is 52.9 Å². The molecule has 0 radical (unpaired) electrons. The molecule has 2 heterocycles. The summed E-state index contributed by atoms with van der Waals surface area (Å²) in [5, 5.41) is 18.8. The standard InChI is InChI=1S/C52H63ClN6O10/c1-37-34-47(57-44-14-12-43(53)13-15-44)46-35-42(11-18-49(46)59(37)38(2)60)39-5-7-41(8-6-39)52(63)56-22-25-65-27-29-67-31-33-68-32-30-66-28-26-64-24-21-55-50(61)36-69-45-16-9-40(10-17-45)48-4-3-23-58(48)51(62)19-20-54/h5-18,35,37,47-48,57H,3-4,19,21-34,36H2,1-2H3,(H,55,61)(H,56,63).